The van der Waals surface area contributed by atoms with Crippen LogP contribution >= 0.6 is 27.3 Å². The normalized spacial score (nSPS) is 10.7. The number of aromatic nitrogens is 1. The number of ether oxygens (including phenoxy) is 2. The Morgan fingerprint density at radius 2 is 1.79 bits per heavy atom. The van der Waals surface area contributed by atoms with Gasteiger partial charge in [-0.2, -0.15) is 0 Å². The fourth-order valence-electron chi connectivity index (χ4n) is 4.03. The summed E-state index contributed by atoms with van der Waals surface area (Å²) in [7, 11) is 3.29. The zero-order chi connectivity index (χ0) is 26.9. The van der Waals surface area contributed by atoms with E-state index >= 15 is 0 Å². The summed E-state index contributed by atoms with van der Waals surface area (Å²) in [5.74, 6) is 1.29. The Bertz CT molecular complexity index is 1340. The maximum Gasteiger partial charge on any atom is 0.251 e. The van der Waals surface area contributed by atoms with E-state index in [-0.39, 0.29) is 5.91 Å². The standard InChI is InChI=1S/C29H31BrN4O3S/c1-36-26-6-3-5-23(27(26)37-2)18-34(29-33-25(19-38-29)21-11-13-24(30)14-12-21)17-20-7-9-22(10-8-20)28(35)32-16-4-15-31/h3,5-14,19H,4,15-18,31H2,1-2H3,(H,32,35). The summed E-state index contributed by atoms with van der Waals surface area (Å²) in [6.07, 6.45) is 0.753. The van der Waals surface area contributed by atoms with Crippen molar-refractivity contribution in [1.82, 2.24) is 10.3 Å². The van der Waals surface area contributed by atoms with Crippen LogP contribution in [0.15, 0.2) is 76.6 Å². The highest BCUT2D eigenvalue weighted by atomic mass is 79.9. The zero-order valence-electron chi connectivity index (χ0n) is 21.4. The van der Waals surface area contributed by atoms with E-state index in [4.69, 9.17) is 20.2 Å². The van der Waals surface area contributed by atoms with Crippen molar-refractivity contribution in [3.63, 3.8) is 0 Å². The molecule has 0 saturated carbocycles. The van der Waals surface area contributed by atoms with E-state index in [1.54, 1.807) is 25.6 Å². The van der Waals surface area contributed by atoms with Crippen LogP contribution in [0.1, 0.15) is 27.9 Å². The lowest BCUT2D eigenvalue weighted by Crippen LogP contribution is -2.26. The maximum atomic E-state index is 12.4. The average molecular weight is 596 g/mol. The van der Waals surface area contributed by atoms with Crippen LogP contribution in [0.3, 0.4) is 0 Å². The molecular formula is C29H31BrN4O3S. The fraction of sp³-hybridized carbons (Fsp3) is 0.241. The molecule has 0 fully saturated rings. The summed E-state index contributed by atoms with van der Waals surface area (Å²) in [4.78, 5) is 19.6. The van der Waals surface area contributed by atoms with Gasteiger partial charge in [-0.3, -0.25) is 4.79 Å². The Hall–Kier alpha value is -3.40. The number of rotatable bonds is 12. The second kappa shape index (κ2) is 13.4. The third-order valence-electron chi connectivity index (χ3n) is 6.00. The number of hydrogen-bond acceptors (Lipinski definition) is 7. The fourth-order valence-corrected chi connectivity index (χ4v) is 5.13. The second-order valence-electron chi connectivity index (χ2n) is 8.63. The van der Waals surface area contributed by atoms with Gasteiger partial charge in [-0.1, -0.05) is 52.3 Å². The van der Waals surface area contributed by atoms with Crippen LogP contribution in [-0.4, -0.2) is 38.2 Å². The smallest absolute Gasteiger partial charge is 0.251 e. The first-order valence-electron chi connectivity index (χ1n) is 12.3. The molecule has 0 aliphatic heterocycles. The summed E-state index contributed by atoms with van der Waals surface area (Å²) >= 11 is 5.09. The van der Waals surface area contributed by atoms with E-state index in [9.17, 15) is 4.79 Å². The Morgan fingerprint density at radius 3 is 2.47 bits per heavy atom. The molecule has 7 nitrogen and oxygen atoms in total. The van der Waals surface area contributed by atoms with Crippen LogP contribution in [0.4, 0.5) is 5.13 Å². The number of hydrogen-bond donors (Lipinski definition) is 2. The number of halogens is 1. The van der Waals surface area contributed by atoms with Gasteiger partial charge in [-0.15, -0.1) is 11.3 Å². The minimum atomic E-state index is -0.0953. The van der Waals surface area contributed by atoms with E-state index in [1.165, 1.54) is 0 Å². The van der Waals surface area contributed by atoms with Crippen LogP contribution in [0.25, 0.3) is 11.3 Å². The van der Waals surface area contributed by atoms with Crippen molar-refractivity contribution >= 4 is 38.3 Å². The van der Waals surface area contributed by atoms with E-state index < -0.39 is 0 Å². The molecule has 0 saturated heterocycles. The van der Waals surface area contributed by atoms with E-state index in [1.807, 2.05) is 54.6 Å². The van der Waals surface area contributed by atoms with E-state index in [2.05, 4.69) is 43.7 Å². The summed E-state index contributed by atoms with van der Waals surface area (Å²) < 4.78 is 12.2. The van der Waals surface area contributed by atoms with Crippen molar-refractivity contribution < 1.29 is 14.3 Å². The molecule has 3 N–H and O–H groups in total. The van der Waals surface area contributed by atoms with Gasteiger partial charge in [-0.25, -0.2) is 4.98 Å². The minimum absolute atomic E-state index is 0.0953. The SMILES string of the molecule is COc1cccc(CN(Cc2ccc(C(=O)NCCCN)cc2)c2nc(-c3ccc(Br)cc3)cs2)c1OC. The molecule has 1 aromatic heterocycles. The Morgan fingerprint density at radius 1 is 1.03 bits per heavy atom. The molecule has 0 unspecified atom stereocenters. The highest BCUT2D eigenvalue weighted by Gasteiger charge is 2.18. The number of methoxy groups -OCH3 is 2. The van der Waals surface area contributed by atoms with Crippen molar-refractivity contribution in [2.45, 2.75) is 19.5 Å². The second-order valence-corrected chi connectivity index (χ2v) is 10.4. The Balaban J connectivity index is 1.61. The number of benzene rings is 3. The molecule has 0 radical (unpaired) electrons. The first kappa shape index (κ1) is 27.6. The number of anilines is 1. The van der Waals surface area contributed by atoms with Gasteiger partial charge in [0.2, 0.25) is 0 Å². The van der Waals surface area contributed by atoms with Gasteiger partial charge >= 0.3 is 0 Å². The predicted molar refractivity (Wildman–Crippen MR) is 157 cm³/mol. The van der Waals surface area contributed by atoms with Gasteiger partial charge in [0.15, 0.2) is 16.6 Å². The van der Waals surface area contributed by atoms with Crippen molar-refractivity contribution in [2.24, 2.45) is 5.73 Å². The summed E-state index contributed by atoms with van der Waals surface area (Å²) in [5.41, 5.74) is 10.2. The molecule has 38 heavy (non-hydrogen) atoms. The van der Waals surface area contributed by atoms with Gasteiger partial charge in [0, 0.05) is 46.2 Å². The van der Waals surface area contributed by atoms with Crippen molar-refractivity contribution in [1.29, 1.82) is 0 Å². The first-order chi connectivity index (χ1) is 18.5. The van der Waals surface area contributed by atoms with Gasteiger partial charge < -0.3 is 25.4 Å². The number of nitrogens with one attached hydrogen (secondary N) is 1. The lowest BCUT2D eigenvalue weighted by Gasteiger charge is -2.24. The van der Waals surface area contributed by atoms with E-state index in [0.29, 0.717) is 43.2 Å². The third-order valence-corrected chi connectivity index (χ3v) is 7.43. The third kappa shape index (κ3) is 6.92. The Labute approximate surface area is 235 Å². The number of nitrogens with two attached hydrogens (primary N) is 1. The van der Waals surface area contributed by atoms with Gasteiger partial charge in [0.1, 0.15) is 0 Å². The number of para-hydroxylation sites is 1. The molecule has 0 spiro atoms. The molecular weight excluding hydrogens is 564 g/mol. The molecule has 0 atom stereocenters. The quantitative estimate of drug-likeness (QED) is 0.199. The van der Waals surface area contributed by atoms with Gasteiger partial charge in [0.05, 0.1) is 19.9 Å². The number of amides is 1. The molecule has 3 aromatic carbocycles. The van der Waals surface area contributed by atoms with Gasteiger partial charge in [0.25, 0.3) is 5.91 Å². The topological polar surface area (TPSA) is 89.7 Å². The molecule has 198 valence electrons. The highest BCUT2D eigenvalue weighted by Crippen LogP contribution is 2.35. The number of thiazole rings is 1. The summed E-state index contributed by atoms with van der Waals surface area (Å²) in [6.45, 7) is 2.28. The summed E-state index contributed by atoms with van der Waals surface area (Å²) in [6, 6.07) is 21.7. The first-order valence-corrected chi connectivity index (χ1v) is 13.9. The molecule has 4 rings (SSSR count). The molecule has 1 amide bonds. The predicted octanol–water partition coefficient (Wildman–Crippen LogP) is 5.88. The molecule has 0 aliphatic carbocycles. The molecule has 4 aromatic rings. The average Bonchev–Trinajstić information content (AvgIpc) is 3.43. The van der Waals surface area contributed by atoms with Crippen molar-refractivity contribution in [2.75, 3.05) is 32.2 Å². The summed E-state index contributed by atoms with van der Waals surface area (Å²) in [5, 5.41) is 5.86. The highest BCUT2D eigenvalue weighted by molar-refractivity contribution is 9.10. The zero-order valence-corrected chi connectivity index (χ0v) is 23.8. The van der Waals surface area contributed by atoms with Crippen LogP contribution in [-0.2, 0) is 13.1 Å². The van der Waals surface area contributed by atoms with Gasteiger partial charge in [-0.05, 0) is 48.9 Å². The monoisotopic (exact) mass is 594 g/mol. The Kier molecular flexibility index (Phi) is 9.75. The lowest BCUT2D eigenvalue weighted by molar-refractivity contribution is 0.0953. The minimum Gasteiger partial charge on any atom is -0.493 e. The maximum absolute atomic E-state index is 12.4. The largest absolute Gasteiger partial charge is 0.493 e. The molecule has 0 aliphatic rings. The van der Waals surface area contributed by atoms with Crippen LogP contribution in [0.2, 0.25) is 0 Å². The number of carbonyl (C=O) groups excluding carboxylic acids is 1. The molecule has 0 bridgehead atoms. The molecule has 1 heterocycles. The van der Waals surface area contributed by atoms with Crippen LogP contribution in [0, 0.1) is 0 Å². The van der Waals surface area contributed by atoms with E-state index in [0.717, 1.165) is 38.4 Å². The van der Waals surface area contributed by atoms with Crippen molar-refractivity contribution in [3.8, 4) is 22.8 Å². The lowest BCUT2D eigenvalue weighted by atomic mass is 10.1. The van der Waals surface area contributed by atoms with Crippen LogP contribution in [0.5, 0.6) is 11.5 Å². The molecule has 9 heteroatoms. The number of nitrogens with zero attached hydrogens (tertiary/aromatic N) is 2. The van der Waals surface area contributed by atoms with Crippen LogP contribution < -0.4 is 25.4 Å². The van der Waals surface area contributed by atoms with Crippen molar-refractivity contribution in [3.05, 3.63) is 93.3 Å². The number of carbonyl (C=O) groups is 1.